The molecule has 2 aromatic rings. The second-order valence-corrected chi connectivity index (χ2v) is 5.56. The minimum atomic E-state index is -0.0927. The van der Waals surface area contributed by atoms with Gasteiger partial charge in [-0.15, -0.1) is 0 Å². The van der Waals surface area contributed by atoms with Crippen molar-refractivity contribution in [2.45, 2.75) is 12.5 Å². The van der Waals surface area contributed by atoms with Gasteiger partial charge in [0.05, 0.1) is 12.1 Å². The van der Waals surface area contributed by atoms with Crippen molar-refractivity contribution in [3.8, 4) is 5.75 Å². The summed E-state index contributed by atoms with van der Waals surface area (Å²) in [5.41, 5.74) is 8.39. The van der Waals surface area contributed by atoms with Crippen LogP contribution in [0.2, 0.25) is 5.02 Å². The molecule has 1 atom stereocenters. The molecule has 1 unspecified atom stereocenters. The molecular weight excluding hydrogens is 326 g/mol. The molecule has 0 spiro atoms. The van der Waals surface area contributed by atoms with Gasteiger partial charge in [0.1, 0.15) is 5.75 Å². The molecule has 0 saturated carbocycles. The van der Waals surface area contributed by atoms with Gasteiger partial charge in [0.2, 0.25) is 0 Å². The Hall–Kier alpha value is -1.03. The first-order valence-corrected chi connectivity index (χ1v) is 7.11. The second-order valence-electron chi connectivity index (χ2n) is 4.30. The van der Waals surface area contributed by atoms with Gasteiger partial charge in [-0.3, -0.25) is 0 Å². The zero-order valence-corrected chi connectivity index (χ0v) is 12.9. The average molecular weight is 341 g/mol. The first-order valence-electron chi connectivity index (χ1n) is 5.94. The summed E-state index contributed by atoms with van der Waals surface area (Å²) in [5.74, 6) is 0.867. The zero-order valence-electron chi connectivity index (χ0n) is 10.6. The predicted molar refractivity (Wildman–Crippen MR) is 82.8 cm³/mol. The van der Waals surface area contributed by atoms with Crippen molar-refractivity contribution >= 4 is 27.5 Å². The quantitative estimate of drug-likeness (QED) is 0.898. The lowest BCUT2D eigenvalue weighted by molar-refractivity contribution is 0.408. The third-order valence-electron chi connectivity index (χ3n) is 3.00. The molecule has 0 aliphatic rings. The summed E-state index contributed by atoms with van der Waals surface area (Å²) in [5, 5.41) is 0.688. The molecule has 0 amide bonds. The normalized spacial score (nSPS) is 12.2. The maximum atomic E-state index is 6.25. The molecular formula is C15H15BrClNO. The molecule has 2 N–H and O–H groups in total. The Kier molecular flexibility index (Phi) is 4.86. The van der Waals surface area contributed by atoms with Crippen LogP contribution in [-0.4, -0.2) is 7.11 Å². The summed E-state index contributed by atoms with van der Waals surface area (Å²) in [6, 6.07) is 13.6. The van der Waals surface area contributed by atoms with Crippen LogP contribution < -0.4 is 10.5 Å². The van der Waals surface area contributed by atoms with E-state index in [1.54, 1.807) is 7.11 Å². The van der Waals surface area contributed by atoms with E-state index in [4.69, 9.17) is 22.1 Å². The molecule has 19 heavy (non-hydrogen) atoms. The third-order valence-corrected chi connectivity index (χ3v) is 4.22. The Labute approximate surface area is 126 Å². The highest BCUT2D eigenvalue weighted by molar-refractivity contribution is 9.10. The lowest BCUT2D eigenvalue weighted by Crippen LogP contribution is -2.13. The molecule has 2 aromatic carbocycles. The molecule has 100 valence electrons. The van der Waals surface area contributed by atoms with E-state index in [9.17, 15) is 0 Å². The number of ether oxygens (including phenoxy) is 1. The van der Waals surface area contributed by atoms with E-state index < -0.39 is 0 Å². The topological polar surface area (TPSA) is 35.2 Å². The van der Waals surface area contributed by atoms with Crippen LogP contribution in [0, 0.1) is 0 Å². The van der Waals surface area contributed by atoms with E-state index in [1.165, 1.54) is 0 Å². The summed E-state index contributed by atoms with van der Waals surface area (Å²) in [6.07, 6.45) is 0.720. The molecule has 0 aliphatic heterocycles. The molecule has 0 bridgehead atoms. The molecule has 0 heterocycles. The summed E-state index contributed by atoms with van der Waals surface area (Å²) < 4.78 is 6.20. The van der Waals surface area contributed by atoms with E-state index in [0.717, 1.165) is 27.8 Å². The highest BCUT2D eigenvalue weighted by Gasteiger charge is 2.11. The molecule has 0 aromatic heterocycles. The van der Waals surface area contributed by atoms with Gasteiger partial charge in [0.25, 0.3) is 0 Å². The number of hydrogen-bond donors (Lipinski definition) is 1. The van der Waals surface area contributed by atoms with Crippen molar-refractivity contribution in [2.75, 3.05) is 7.11 Å². The summed E-state index contributed by atoms with van der Waals surface area (Å²) in [4.78, 5) is 0. The van der Waals surface area contributed by atoms with Gasteiger partial charge < -0.3 is 10.5 Å². The highest BCUT2D eigenvalue weighted by atomic mass is 79.9. The second kappa shape index (κ2) is 6.42. The maximum absolute atomic E-state index is 6.25. The van der Waals surface area contributed by atoms with Crippen molar-refractivity contribution in [3.63, 3.8) is 0 Å². The lowest BCUT2D eigenvalue weighted by Gasteiger charge is -2.15. The monoisotopic (exact) mass is 339 g/mol. The van der Waals surface area contributed by atoms with Crippen molar-refractivity contribution in [3.05, 3.63) is 63.1 Å². The van der Waals surface area contributed by atoms with E-state index in [0.29, 0.717) is 5.02 Å². The smallest absolute Gasteiger partial charge is 0.122 e. The minimum Gasteiger partial charge on any atom is -0.496 e. The van der Waals surface area contributed by atoms with Gasteiger partial charge in [0.15, 0.2) is 0 Å². The first kappa shape index (κ1) is 14.4. The summed E-state index contributed by atoms with van der Waals surface area (Å²) >= 11 is 9.40. The number of halogens is 2. The molecule has 0 aliphatic carbocycles. The lowest BCUT2D eigenvalue weighted by atomic mass is 9.99. The summed E-state index contributed by atoms with van der Waals surface area (Å²) in [7, 11) is 1.67. The Morgan fingerprint density at radius 3 is 2.68 bits per heavy atom. The van der Waals surface area contributed by atoms with Gasteiger partial charge in [-0.05, 0) is 51.7 Å². The molecule has 4 heteroatoms. The molecule has 2 nitrogen and oxygen atoms in total. The Morgan fingerprint density at radius 1 is 1.26 bits per heavy atom. The maximum Gasteiger partial charge on any atom is 0.122 e. The van der Waals surface area contributed by atoms with Crippen LogP contribution in [0.15, 0.2) is 46.9 Å². The van der Waals surface area contributed by atoms with E-state index >= 15 is 0 Å². The van der Waals surface area contributed by atoms with Crippen molar-refractivity contribution in [2.24, 2.45) is 5.73 Å². The van der Waals surface area contributed by atoms with Gasteiger partial charge in [-0.1, -0.05) is 35.9 Å². The number of para-hydroxylation sites is 1. The Bertz CT molecular complexity index is 574. The molecule has 0 radical (unpaired) electrons. The van der Waals surface area contributed by atoms with Crippen molar-refractivity contribution < 1.29 is 4.74 Å². The number of rotatable bonds is 4. The fraction of sp³-hybridized carbons (Fsp3) is 0.200. The number of hydrogen-bond acceptors (Lipinski definition) is 2. The molecule has 0 saturated heterocycles. The van der Waals surface area contributed by atoms with Gasteiger partial charge in [0, 0.05) is 10.5 Å². The van der Waals surface area contributed by atoms with E-state index in [-0.39, 0.29) is 6.04 Å². The third kappa shape index (κ3) is 3.50. The van der Waals surface area contributed by atoms with Crippen molar-refractivity contribution in [1.29, 1.82) is 0 Å². The SMILES string of the molecule is COc1ccccc1CC(N)c1ccc(Cl)c(Br)c1. The Morgan fingerprint density at radius 2 is 2.00 bits per heavy atom. The van der Waals surface area contributed by atoms with Crippen LogP contribution in [0.25, 0.3) is 0 Å². The van der Waals surface area contributed by atoms with Crippen molar-refractivity contribution in [1.82, 2.24) is 0 Å². The van der Waals surface area contributed by atoms with Gasteiger partial charge in [-0.2, -0.15) is 0 Å². The molecule has 0 fully saturated rings. The zero-order chi connectivity index (χ0) is 13.8. The predicted octanol–water partition coefficient (Wildman–Crippen LogP) is 4.35. The average Bonchev–Trinajstić information content (AvgIpc) is 2.42. The van der Waals surface area contributed by atoms with Gasteiger partial charge in [-0.25, -0.2) is 0 Å². The van der Waals surface area contributed by atoms with Crippen LogP contribution >= 0.6 is 27.5 Å². The summed E-state index contributed by atoms with van der Waals surface area (Å²) in [6.45, 7) is 0. The highest BCUT2D eigenvalue weighted by Crippen LogP contribution is 2.28. The van der Waals surface area contributed by atoms with Crippen LogP contribution in [0.1, 0.15) is 17.2 Å². The largest absolute Gasteiger partial charge is 0.496 e. The van der Waals surface area contributed by atoms with Crippen LogP contribution in [-0.2, 0) is 6.42 Å². The molecule has 2 rings (SSSR count). The van der Waals surface area contributed by atoms with E-state index in [2.05, 4.69) is 15.9 Å². The standard InChI is InChI=1S/C15H15BrClNO/c1-19-15-5-3-2-4-11(15)9-14(18)10-6-7-13(17)12(16)8-10/h2-8,14H,9,18H2,1H3. The number of benzene rings is 2. The fourth-order valence-corrected chi connectivity index (χ4v) is 2.48. The first-order chi connectivity index (χ1) is 9.11. The minimum absolute atomic E-state index is 0.0927. The Balaban J connectivity index is 2.20. The van der Waals surface area contributed by atoms with E-state index in [1.807, 2.05) is 42.5 Å². The number of nitrogens with two attached hydrogens (primary N) is 1. The van der Waals surface area contributed by atoms with Gasteiger partial charge >= 0.3 is 0 Å². The van der Waals surface area contributed by atoms with Crippen LogP contribution in [0.5, 0.6) is 5.75 Å². The fourth-order valence-electron chi connectivity index (χ4n) is 1.97. The number of methoxy groups -OCH3 is 1. The van der Waals surface area contributed by atoms with Crippen LogP contribution in [0.3, 0.4) is 0 Å². The van der Waals surface area contributed by atoms with Crippen LogP contribution in [0.4, 0.5) is 0 Å².